The maximum Gasteiger partial charge on any atom is 0.214 e. The summed E-state index contributed by atoms with van der Waals surface area (Å²) in [6.07, 6.45) is 0.895. The summed E-state index contributed by atoms with van der Waals surface area (Å²) in [6.45, 7) is 5.95. The first-order chi connectivity index (χ1) is 14.1. The van der Waals surface area contributed by atoms with Crippen LogP contribution < -0.4 is 5.32 Å². The van der Waals surface area contributed by atoms with Gasteiger partial charge in [-0.15, -0.1) is 0 Å². The van der Waals surface area contributed by atoms with Crippen LogP contribution in [0.4, 0.5) is 0 Å². The van der Waals surface area contributed by atoms with Crippen LogP contribution in [0.25, 0.3) is 0 Å². The molecule has 0 spiro atoms. The van der Waals surface area contributed by atoms with E-state index >= 15 is 0 Å². The van der Waals surface area contributed by atoms with E-state index in [4.69, 9.17) is 4.74 Å². The minimum absolute atomic E-state index is 0.171. The van der Waals surface area contributed by atoms with Crippen molar-refractivity contribution in [3.05, 3.63) is 35.9 Å². The molecule has 29 heavy (non-hydrogen) atoms. The van der Waals surface area contributed by atoms with E-state index in [1.807, 2.05) is 6.07 Å². The van der Waals surface area contributed by atoms with E-state index < -0.39 is 10.0 Å². The van der Waals surface area contributed by atoms with Crippen molar-refractivity contribution >= 4 is 16.0 Å². The van der Waals surface area contributed by atoms with E-state index in [9.17, 15) is 8.42 Å². The average Bonchev–Trinajstić information content (AvgIpc) is 3.29. The standard InChI is InChI=1S/C20H31N5O3S/c1-21-20(22-8-10-25-9-5-13-29(25,26)27)24-15-18-19(16-24)28-12-11-23(18)14-17-6-3-2-4-7-17/h2-4,6-7,18-19H,5,8-16H2,1H3,(H,21,22). The predicted molar refractivity (Wildman–Crippen MR) is 113 cm³/mol. The number of likely N-dealkylation sites (tertiary alicyclic amines) is 1. The van der Waals surface area contributed by atoms with Gasteiger partial charge in [-0.05, 0) is 12.0 Å². The summed E-state index contributed by atoms with van der Waals surface area (Å²) in [5.74, 6) is 1.09. The Kier molecular flexibility index (Phi) is 6.38. The number of fused-ring (bicyclic) bond motifs is 1. The molecule has 9 heteroatoms. The largest absolute Gasteiger partial charge is 0.373 e. The SMILES string of the molecule is CN=C(NCCN1CCCS1(=O)=O)N1CC2OCCN(Cc3ccccc3)C2C1. The monoisotopic (exact) mass is 421 g/mol. The van der Waals surface area contributed by atoms with Gasteiger partial charge in [0.1, 0.15) is 0 Å². The molecule has 3 saturated heterocycles. The van der Waals surface area contributed by atoms with Gasteiger partial charge in [0, 0.05) is 52.9 Å². The van der Waals surface area contributed by atoms with Gasteiger partial charge in [-0.3, -0.25) is 9.89 Å². The molecule has 1 aromatic carbocycles. The fraction of sp³-hybridized carbons (Fsp3) is 0.650. The molecule has 3 aliphatic rings. The maximum atomic E-state index is 12.0. The topological polar surface area (TPSA) is 77.5 Å². The molecule has 3 heterocycles. The first-order valence-corrected chi connectivity index (χ1v) is 12.0. The smallest absolute Gasteiger partial charge is 0.214 e. The highest BCUT2D eigenvalue weighted by Gasteiger charge is 2.41. The summed E-state index contributed by atoms with van der Waals surface area (Å²) in [7, 11) is -1.27. The van der Waals surface area contributed by atoms with E-state index in [1.54, 1.807) is 11.4 Å². The van der Waals surface area contributed by atoms with Gasteiger partial charge in [0.25, 0.3) is 0 Å². The quantitative estimate of drug-likeness (QED) is 0.540. The lowest BCUT2D eigenvalue weighted by Gasteiger charge is -2.36. The number of hydrogen-bond acceptors (Lipinski definition) is 5. The molecule has 4 rings (SSSR count). The second-order valence-electron chi connectivity index (χ2n) is 7.88. The zero-order valence-electron chi connectivity index (χ0n) is 17.0. The van der Waals surface area contributed by atoms with Crippen molar-refractivity contribution in [1.29, 1.82) is 0 Å². The predicted octanol–water partition coefficient (Wildman–Crippen LogP) is 0.183. The molecule has 0 radical (unpaired) electrons. The van der Waals surface area contributed by atoms with Crippen LogP contribution in [0, 0.1) is 0 Å². The molecule has 1 N–H and O–H groups in total. The van der Waals surface area contributed by atoms with Crippen molar-refractivity contribution in [1.82, 2.24) is 19.4 Å². The second kappa shape index (κ2) is 8.99. The van der Waals surface area contributed by atoms with Crippen LogP contribution in [0.3, 0.4) is 0 Å². The minimum Gasteiger partial charge on any atom is -0.373 e. The van der Waals surface area contributed by atoms with Crippen LogP contribution in [-0.4, -0.2) is 99.3 Å². The molecule has 3 aliphatic heterocycles. The Hall–Kier alpha value is -1.68. The number of nitrogens with zero attached hydrogens (tertiary/aromatic N) is 4. The number of nitrogens with one attached hydrogen (secondary N) is 1. The molecule has 0 aliphatic carbocycles. The van der Waals surface area contributed by atoms with Crippen molar-refractivity contribution in [2.24, 2.45) is 4.99 Å². The van der Waals surface area contributed by atoms with E-state index in [1.165, 1.54) is 5.56 Å². The Bertz CT molecular complexity index is 817. The molecule has 2 atom stereocenters. The van der Waals surface area contributed by atoms with Crippen molar-refractivity contribution < 1.29 is 13.2 Å². The Labute approximate surface area is 173 Å². The molecule has 8 nitrogen and oxygen atoms in total. The van der Waals surface area contributed by atoms with Crippen LogP contribution >= 0.6 is 0 Å². The third kappa shape index (κ3) is 4.74. The number of rotatable bonds is 5. The Morgan fingerprint density at radius 3 is 2.79 bits per heavy atom. The fourth-order valence-electron chi connectivity index (χ4n) is 4.51. The number of sulfonamides is 1. The van der Waals surface area contributed by atoms with E-state index in [0.29, 0.717) is 25.7 Å². The molecular weight excluding hydrogens is 390 g/mol. The van der Waals surface area contributed by atoms with Crippen molar-refractivity contribution in [2.75, 3.05) is 58.7 Å². The van der Waals surface area contributed by atoms with Gasteiger partial charge in [-0.2, -0.15) is 0 Å². The summed E-state index contributed by atoms with van der Waals surface area (Å²) in [5.41, 5.74) is 1.32. The highest BCUT2D eigenvalue weighted by molar-refractivity contribution is 7.89. The van der Waals surface area contributed by atoms with Gasteiger partial charge in [-0.1, -0.05) is 30.3 Å². The van der Waals surface area contributed by atoms with Crippen molar-refractivity contribution in [3.8, 4) is 0 Å². The van der Waals surface area contributed by atoms with Crippen molar-refractivity contribution in [2.45, 2.75) is 25.1 Å². The molecule has 0 saturated carbocycles. The summed E-state index contributed by atoms with van der Waals surface area (Å²) >= 11 is 0. The van der Waals surface area contributed by atoms with E-state index in [0.717, 1.165) is 45.2 Å². The number of hydrogen-bond donors (Lipinski definition) is 1. The second-order valence-corrected chi connectivity index (χ2v) is 9.97. The lowest BCUT2D eigenvalue weighted by molar-refractivity contribution is -0.0502. The van der Waals surface area contributed by atoms with Crippen LogP contribution in [0.1, 0.15) is 12.0 Å². The van der Waals surface area contributed by atoms with Gasteiger partial charge in [-0.25, -0.2) is 12.7 Å². The number of guanidine groups is 1. The molecule has 160 valence electrons. The molecule has 0 amide bonds. The number of ether oxygens (including phenoxy) is 1. The molecule has 1 aromatic rings. The highest BCUT2D eigenvalue weighted by atomic mass is 32.2. The highest BCUT2D eigenvalue weighted by Crippen LogP contribution is 2.24. The Balaban J connectivity index is 1.33. The lowest BCUT2D eigenvalue weighted by Crippen LogP contribution is -2.50. The third-order valence-corrected chi connectivity index (χ3v) is 7.96. The fourth-order valence-corrected chi connectivity index (χ4v) is 6.04. The van der Waals surface area contributed by atoms with E-state index in [2.05, 4.69) is 44.4 Å². The van der Waals surface area contributed by atoms with Gasteiger partial charge >= 0.3 is 0 Å². The Morgan fingerprint density at radius 2 is 2.07 bits per heavy atom. The number of aliphatic imine (C=N–C) groups is 1. The summed E-state index contributed by atoms with van der Waals surface area (Å²) in [4.78, 5) is 9.17. The van der Waals surface area contributed by atoms with Crippen LogP contribution in [0.2, 0.25) is 0 Å². The molecular formula is C20H31N5O3S. The summed E-state index contributed by atoms with van der Waals surface area (Å²) in [6, 6.07) is 10.9. The van der Waals surface area contributed by atoms with Gasteiger partial charge in [0.2, 0.25) is 10.0 Å². The molecule has 0 aromatic heterocycles. The first-order valence-electron chi connectivity index (χ1n) is 10.4. The van der Waals surface area contributed by atoms with Gasteiger partial charge in [0.15, 0.2) is 5.96 Å². The normalized spacial score (nSPS) is 27.9. The summed E-state index contributed by atoms with van der Waals surface area (Å²) in [5, 5.41) is 3.35. The van der Waals surface area contributed by atoms with Crippen LogP contribution in [0.5, 0.6) is 0 Å². The Morgan fingerprint density at radius 1 is 1.24 bits per heavy atom. The van der Waals surface area contributed by atoms with Gasteiger partial charge in [0.05, 0.1) is 24.5 Å². The van der Waals surface area contributed by atoms with Crippen LogP contribution in [-0.2, 0) is 21.3 Å². The number of benzene rings is 1. The van der Waals surface area contributed by atoms with Crippen molar-refractivity contribution in [3.63, 3.8) is 0 Å². The number of morpholine rings is 1. The lowest BCUT2D eigenvalue weighted by atomic mass is 10.1. The summed E-state index contributed by atoms with van der Waals surface area (Å²) < 4.78 is 31.5. The third-order valence-electron chi connectivity index (χ3n) is 6.00. The maximum absolute atomic E-state index is 12.0. The molecule has 2 unspecified atom stereocenters. The minimum atomic E-state index is -3.05. The zero-order chi connectivity index (χ0) is 20.3. The molecule has 0 bridgehead atoms. The van der Waals surface area contributed by atoms with Gasteiger partial charge < -0.3 is 15.0 Å². The molecule has 3 fully saturated rings. The zero-order valence-corrected chi connectivity index (χ0v) is 17.9. The average molecular weight is 422 g/mol. The first kappa shape index (κ1) is 20.6. The van der Waals surface area contributed by atoms with E-state index in [-0.39, 0.29) is 11.9 Å². The van der Waals surface area contributed by atoms with Crippen LogP contribution in [0.15, 0.2) is 35.3 Å².